The van der Waals surface area contributed by atoms with E-state index in [1.165, 1.54) is 0 Å². The van der Waals surface area contributed by atoms with Crippen LogP contribution in [0.1, 0.15) is 23.1 Å². The zero-order valence-corrected chi connectivity index (χ0v) is 11.8. The van der Waals surface area contributed by atoms with Crippen LogP contribution in [0.3, 0.4) is 0 Å². The number of carbonyl (C=O) groups is 1. The number of fused-ring (bicyclic) bond motifs is 2. The molecule has 3 nitrogen and oxygen atoms in total. The molecule has 0 aliphatic carbocycles. The number of rotatable bonds is 2. The molecule has 0 spiro atoms. The zero-order valence-electron chi connectivity index (χ0n) is 11.8. The van der Waals surface area contributed by atoms with Crippen molar-refractivity contribution in [1.82, 2.24) is 0 Å². The number of nitrogens with two attached hydrogens (primary N) is 1. The number of para-hydroxylation sites is 1. The van der Waals surface area contributed by atoms with E-state index < -0.39 is 0 Å². The van der Waals surface area contributed by atoms with Crippen LogP contribution in [-0.2, 0) is 11.3 Å². The van der Waals surface area contributed by atoms with E-state index in [1.807, 2.05) is 41.3 Å². The number of hydrogen-bond acceptors (Lipinski definition) is 2. The lowest BCUT2D eigenvalue weighted by Crippen LogP contribution is -2.32. The molecule has 21 heavy (non-hydrogen) atoms. The van der Waals surface area contributed by atoms with Gasteiger partial charge in [-0.1, -0.05) is 54.6 Å². The minimum atomic E-state index is 0.0649. The van der Waals surface area contributed by atoms with Gasteiger partial charge in [0.05, 0.1) is 12.2 Å². The molecule has 1 aliphatic rings. The summed E-state index contributed by atoms with van der Waals surface area (Å²) in [5.41, 5.74) is 9.86. The maximum Gasteiger partial charge on any atom is 0.228 e. The Morgan fingerprint density at radius 1 is 1.00 bits per heavy atom. The third kappa shape index (κ3) is 2.73. The molecule has 1 aliphatic heterocycles. The molecule has 3 rings (SSSR count). The summed E-state index contributed by atoms with van der Waals surface area (Å²) in [5.74, 6) is 0.0649. The van der Waals surface area contributed by atoms with Crippen molar-refractivity contribution in [2.75, 3.05) is 11.4 Å². The Kier molecular flexibility index (Phi) is 3.84. The fourth-order valence-corrected chi connectivity index (χ4v) is 2.63. The molecule has 1 heterocycles. The highest BCUT2D eigenvalue weighted by Crippen LogP contribution is 2.28. The molecule has 0 unspecified atom stereocenters. The average Bonchev–Trinajstić information content (AvgIpc) is 2.50. The Labute approximate surface area is 124 Å². The van der Waals surface area contributed by atoms with Gasteiger partial charge in [0, 0.05) is 13.0 Å². The molecule has 3 heteroatoms. The summed E-state index contributed by atoms with van der Waals surface area (Å²) in [7, 11) is 0. The van der Waals surface area contributed by atoms with Crippen LogP contribution in [0.4, 0.5) is 5.69 Å². The van der Waals surface area contributed by atoms with E-state index in [0.717, 1.165) is 22.4 Å². The van der Waals surface area contributed by atoms with E-state index in [-0.39, 0.29) is 5.91 Å². The van der Waals surface area contributed by atoms with Gasteiger partial charge in [-0.05, 0) is 22.8 Å². The van der Waals surface area contributed by atoms with E-state index in [1.54, 1.807) is 0 Å². The van der Waals surface area contributed by atoms with Crippen LogP contribution in [-0.4, -0.2) is 12.5 Å². The van der Waals surface area contributed by atoms with Gasteiger partial charge in [-0.25, -0.2) is 0 Å². The number of carbonyl (C=O) groups excluding carboxylic acids is 1. The molecular weight excluding hydrogens is 260 g/mol. The second-order valence-corrected chi connectivity index (χ2v) is 5.11. The highest BCUT2D eigenvalue weighted by molar-refractivity contribution is 5.97. The van der Waals surface area contributed by atoms with E-state index in [9.17, 15) is 4.79 Å². The molecule has 0 bridgehead atoms. The van der Waals surface area contributed by atoms with Gasteiger partial charge in [0.15, 0.2) is 0 Å². The first kappa shape index (κ1) is 13.6. The van der Waals surface area contributed by atoms with Gasteiger partial charge in [0.25, 0.3) is 0 Å². The molecule has 106 valence electrons. The maximum atomic E-state index is 12.5. The molecule has 2 aromatic carbocycles. The fraction of sp³-hybridized carbons (Fsp3) is 0.167. The van der Waals surface area contributed by atoms with Crippen LogP contribution in [0.25, 0.3) is 12.2 Å². The normalized spacial score (nSPS) is 13.1. The molecule has 0 aromatic heterocycles. The predicted molar refractivity (Wildman–Crippen MR) is 86.7 cm³/mol. The second-order valence-electron chi connectivity index (χ2n) is 5.11. The maximum absolute atomic E-state index is 12.5. The number of anilines is 1. The number of benzene rings is 2. The predicted octanol–water partition coefficient (Wildman–Crippen LogP) is 3.05. The topological polar surface area (TPSA) is 46.3 Å². The van der Waals surface area contributed by atoms with Gasteiger partial charge >= 0.3 is 0 Å². The van der Waals surface area contributed by atoms with Crippen molar-refractivity contribution in [3.8, 4) is 0 Å². The highest BCUT2D eigenvalue weighted by Gasteiger charge is 2.19. The van der Waals surface area contributed by atoms with Crippen molar-refractivity contribution in [1.29, 1.82) is 0 Å². The molecular formula is C18H18N2O. The summed E-state index contributed by atoms with van der Waals surface area (Å²) in [5, 5.41) is 0. The smallest absolute Gasteiger partial charge is 0.228 e. The fourth-order valence-electron chi connectivity index (χ4n) is 2.63. The molecule has 2 aromatic rings. The van der Waals surface area contributed by atoms with Crippen LogP contribution >= 0.6 is 0 Å². The lowest BCUT2D eigenvalue weighted by molar-refractivity contribution is -0.118. The van der Waals surface area contributed by atoms with Crippen molar-refractivity contribution in [2.24, 2.45) is 5.73 Å². The van der Waals surface area contributed by atoms with Crippen LogP contribution in [0.15, 0.2) is 48.5 Å². The lowest BCUT2D eigenvalue weighted by Gasteiger charge is -2.27. The van der Waals surface area contributed by atoms with E-state index in [2.05, 4.69) is 24.3 Å². The van der Waals surface area contributed by atoms with Crippen molar-refractivity contribution < 1.29 is 4.79 Å². The second kappa shape index (κ2) is 5.94. The molecule has 0 atom stereocenters. The van der Waals surface area contributed by atoms with Gasteiger partial charge in [-0.2, -0.15) is 0 Å². The molecule has 1 amide bonds. The summed E-state index contributed by atoms with van der Waals surface area (Å²) in [4.78, 5) is 14.3. The molecule has 0 saturated carbocycles. The van der Waals surface area contributed by atoms with Gasteiger partial charge in [0.2, 0.25) is 5.91 Å². The minimum Gasteiger partial charge on any atom is -0.330 e. The van der Waals surface area contributed by atoms with E-state index in [0.29, 0.717) is 19.5 Å². The zero-order chi connectivity index (χ0) is 14.7. The molecule has 0 saturated heterocycles. The summed E-state index contributed by atoms with van der Waals surface area (Å²) in [6, 6.07) is 16.1. The first-order chi connectivity index (χ1) is 10.3. The quantitative estimate of drug-likeness (QED) is 0.917. The van der Waals surface area contributed by atoms with Gasteiger partial charge < -0.3 is 10.6 Å². The van der Waals surface area contributed by atoms with Crippen LogP contribution in [0, 0.1) is 0 Å². The standard InChI is InChI=1S/C18H18N2O/c19-12-11-18(21)20-13-16-7-2-1-5-14(16)9-10-15-6-3-4-8-17(15)20/h1-10H,11-13,19H2. The number of hydrogen-bond donors (Lipinski definition) is 1. The van der Waals surface area contributed by atoms with Gasteiger partial charge in [-0.3, -0.25) is 4.79 Å². The first-order valence-corrected chi connectivity index (χ1v) is 7.15. The van der Waals surface area contributed by atoms with Gasteiger partial charge in [0.1, 0.15) is 0 Å². The lowest BCUT2D eigenvalue weighted by atomic mass is 10.0. The van der Waals surface area contributed by atoms with Gasteiger partial charge in [-0.15, -0.1) is 0 Å². The van der Waals surface area contributed by atoms with Crippen LogP contribution in [0.2, 0.25) is 0 Å². The monoisotopic (exact) mass is 278 g/mol. The molecule has 0 fully saturated rings. The molecule has 0 radical (unpaired) electrons. The average molecular weight is 278 g/mol. The summed E-state index contributed by atoms with van der Waals surface area (Å²) >= 11 is 0. The number of amides is 1. The Morgan fingerprint density at radius 3 is 2.48 bits per heavy atom. The Bertz CT molecular complexity index is 691. The van der Waals surface area contributed by atoms with Crippen molar-refractivity contribution in [3.05, 3.63) is 65.2 Å². The Hall–Kier alpha value is -2.39. The van der Waals surface area contributed by atoms with Crippen molar-refractivity contribution in [3.63, 3.8) is 0 Å². The summed E-state index contributed by atoms with van der Waals surface area (Å²) in [6.07, 6.45) is 4.54. The largest absolute Gasteiger partial charge is 0.330 e. The first-order valence-electron chi connectivity index (χ1n) is 7.15. The minimum absolute atomic E-state index is 0.0649. The Balaban J connectivity index is 2.11. The van der Waals surface area contributed by atoms with Crippen LogP contribution in [0.5, 0.6) is 0 Å². The van der Waals surface area contributed by atoms with E-state index >= 15 is 0 Å². The summed E-state index contributed by atoms with van der Waals surface area (Å²) < 4.78 is 0. The number of nitrogens with zero attached hydrogens (tertiary/aromatic N) is 1. The summed E-state index contributed by atoms with van der Waals surface area (Å²) in [6.45, 7) is 0.950. The SMILES string of the molecule is NCCC(=O)N1Cc2ccccc2C=Cc2ccccc21. The van der Waals surface area contributed by atoms with Crippen molar-refractivity contribution >= 4 is 23.7 Å². The van der Waals surface area contributed by atoms with E-state index in [4.69, 9.17) is 5.73 Å². The highest BCUT2D eigenvalue weighted by atomic mass is 16.2. The third-order valence-corrected chi connectivity index (χ3v) is 3.71. The molecule has 2 N–H and O–H groups in total. The van der Waals surface area contributed by atoms with Crippen molar-refractivity contribution in [2.45, 2.75) is 13.0 Å². The Morgan fingerprint density at radius 2 is 1.67 bits per heavy atom. The van der Waals surface area contributed by atoms with Crippen LogP contribution < -0.4 is 10.6 Å². The third-order valence-electron chi connectivity index (χ3n) is 3.71.